The quantitative estimate of drug-likeness (QED) is 0.756. The summed E-state index contributed by atoms with van der Waals surface area (Å²) in [6.07, 6.45) is 4.84. The van der Waals surface area contributed by atoms with Crippen molar-refractivity contribution in [1.82, 2.24) is 25.7 Å². The fourth-order valence-electron chi connectivity index (χ4n) is 3.61. The third-order valence-electron chi connectivity index (χ3n) is 4.89. The van der Waals surface area contributed by atoms with E-state index in [1.807, 2.05) is 6.92 Å². The number of rotatable bonds is 4. The van der Waals surface area contributed by atoms with E-state index < -0.39 is 0 Å². The van der Waals surface area contributed by atoms with Crippen LogP contribution in [0.15, 0.2) is 6.07 Å². The molecule has 2 aliphatic heterocycles. The SMILES string of the molecule is Cc1cc(C2CCCN(CC(=O)NC3CCCCNC3=O)C2)n[nH]1. The summed E-state index contributed by atoms with van der Waals surface area (Å²) in [6, 6.07) is 1.71. The normalized spacial score (nSPS) is 25.8. The summed E-state index contributed by atoms with van der Waals surface area (Å²) < 4.78 is 0. The first-order valence-electron chi connectivity index (χ1n) is 8.93. The van der Waals surface area contributed by atoms with Gasteiger partial charge in [-0.15, -0.1) is 0 Å². The van der Waals surface area contributed by atoms with Crippen LogP contribution in [0, 0.1) is 6.92 Å². The van der Waals surface area contributed by atoms with Crippen LogP contribution in [0.5, 0.6) is 0 Å². The molecule has 0 saturated carbocycles. The van der Waals surface area contributed by atoms with Crippen LogP contribution in [-0.2, 0) is 9.59 Å². The molecule has 0 spiro atoms. The Morgan fingerprint density at radius 3 is 3.04 bits per heavy atom. The monoisotopic (exact) mass is 333 g/mol. The highest BCUT2D eigenvalue weighted by molar-refractivity contribution is 5.88. The summed E-state index contributed by atoms with van der Waals surface area (Å²) in [5.74, 6) is 0.262. The highest BCUT2D eigenvalue weighted by Crippen LogP contribution is 2.25. The number of aryl methyl sites for hydroxylation is 1. The number of hydrogen-bond donors (Lipinski definition) is 3. The van der Waals surface area contributed by atoms with Crippen molar-refractivity contribution in [1.29, 1.82) is 0 Å². The second kappa shape index (κ2) is 7.79. The number of nitrogens with one attached hydrogen (secondary N) is 3. The number of hydrogen-bond acceptors (Lipinski definition) is 4. The van der Waals surface area contributed by atoms with Crippen molar-refractivity contribution in [3.8, 4) is 0 Å². The number of likely N-dealkylation sites (tertiary alicyclic amines) is 1. The van der Waals surface area contributed by atoms with Gasteiger partial charge < -0.3 is 10.6 Å². The molecule has 7 heteroatoms. The minimum absolute atomic E-state index is 0.0515. The number of piperidine rings is 1. The van der Waals surface area contributed by atoms with E-state index in [0.717, 1.165) is 56.6 Å². The fourth-order valence-corrected chi connectivity index (χ4v) is 3.61. The molecular weight excluding hydrogens is 306 g/mol. The Labute approximate surface area is 142 Å². The second-order valence-electron chi connectivity index (χ2n) is 6.96. The molecule has 1 aromatic rings. The van der Waals surface area contributed by atoms with Gasteiger partial charge >= 0.3 is 0 Å². The first-order valence-corrected chi connectivity index (χ1v) is 8.93. The molecule has 0 bridgehead atoms. The number of carbonyl (C=O) groups excluding carboxylic acids is 2. The van der Waals surface area contributed by atoms with Gasteiger partial charge in [0.25, 0.3) is 0 Å². The van der Waals surface area contributed by atoms with Crippen LogP contribution >= 0.6 is 0 Å². The number of amides is 2. The second-order valence-corrected chi connectivity index (χ2v) is 6.96. The highest BCUT2D eigenvalue weighted by Gasteiger charge is 2.26. The lowest BCUT2D eigenvalue weighted by molar-refractivity contribution is -0.129. The summed E-state index contributed by atoms with van der Waals surface area (Å²) in [4.78, 5) is 26.4. The predicted molar refractivity (Wildman–Crippen MR) is 90.5 cm³/mol. The van der Waals surface area contributed by atoms with Crippen molar-refractivity contribution in [3.63, 3.8) is 0 Å². The Hall–Kier alpha value is -1.89. The lowest BCUT2D eigenvalue weighted by atomic mass is 9.94. The van der Waals surface area contributed by atoms with Crippen LogP contribution < -0.4 is 10.6 Å². The van der Waals surface area contributed by atoms with Gasteiger partial charge in [0.1, 0.15) is 6.04 Å². The maximum absolute atomic E-state index is 12.3. The fraction of sp³-hybridized carbons (Fsp3) is 0.706. The molecule has 0 aromatic carbocycles. The van der Waals surface area contributed by atoms with Crippen molar-refractivity contribution < 1.29 is 9.59 Å². The van der Waals surface area contributed by atoms with Gasteiger partial charge in [-0.2, -0.15) is 5.10 Å². The van der Waals surface area contributed by atoms with E-state index in [-0.39, 0.29) is 17.9 Å². The predicted octanol–water partition coefficient (Wildman–Crippen LogP) is 0.682. The molecule has 0 aliphatic carbocycles. The van der Waals surface area contributed by atoms with Gasteiger partial charge in [0.05, 0.1) is 12.2 Å². The number of carbonyl (C=O) groups is 2. The van der Waals surface area contributed by atoms with Gasteiger partial charge in [0.15, 0.2) is 0 Å². The Balaban J connectivity index is 1.51. The van der Waals surface area contributed by atoms with Crippen LogP contribution in [0.3, 0.4) is 0 Å². The number of nitrogens with zero attached hydrogens (tertiary/aromatic N) is 2. The highest BCUT2D eigenvalue weighted by atomic mass is 16.2. The molecular formula is C17H27N5O2. The van der Waals surface area contributed by atoms with Crippen molar-refractivity contribution in [3.05, 3.63) is 17.5 Å². The van der Waals surface area contributed by atoms with Gasteiger partial charge in [-0.1, -0.05) is 0 Å². The van der Waals surface area contributed by atoms with Crippen LogP contribution in [-0.4, -0.2) is 59.1 Å². The van der Waals surface area contributed by atoms with E-state index in [2.05, 4.69) is 31.8 Å². The molecule has 132 valence electrons. The Morgan fingerprint density at radius 1 is 1.38 bits per heavy atom. The lowest BCUT2D eigenvalue weighted by Crippen LogP contribution is -2.49. The molecule has 3 heterocycles. The lowest BCUT2D eigenvalue weighted by Gasteiger charge is -2.31. The zero-order valence-electron chi connectivity index (χ0n) is 14.3. The van der Waals surface area contributed by atoms with E-state index >= 15 is 0 Å². The molecule has 7 nitrogen and oxygen atoms in total. The van der Waals surface area contributed by atoms with Crippen molar-refractivity contribution in [2.75, 3.05) is 26.2 Å². The smallest absolute Gasteiger partial charge is 0.242 e. The van der Waals surface area contributed by atoms with E-state index in [1.54, 1.807) is 0 Å². The first kappa shape index (κ1) is 17.0. The molecule has 3 N–H and O–H groups in total. The van der Waals surface area contributed by atoms with Crippen LogP contribution in [0.1, 0.15) is 49.4 Å². The van der Waals surface area contributed by atoms with Crippen molar-refractivity contribution in [2.24, 2.45) is 0 Å². The molecule has 24 heavy (non-hydrogen) atoms. The Kier molecular flexibility index (Phi) is 5.50. The molecule has 2 aliphatic rings. The topological polar surface area (TPSA) is 90.1 Å². The molecule has 2 amide bonds. The van der Waals surface area contributed by atoms with Crippen LogP contribution in [0.25, 0.3) is 0 Å². The van der Waals surface area contributed by atoms with E-state index in [4.69, 9.17) is 0 Å². The van der Waals surface area contributed by atoms with Crippen LogP contribution in [0.2, 0.25) is 0 Å². The molecule has 2 fully saturated rings. The standard InChI is InChI=1S/C17H27N5O2/c1-12-9-15(21-20-12)13-5-4-8-22(10-13)11-16(23)19-14-6-2-3-7-18-17(14)24/h9,13-14H,2-8,10-11H2,1H3,(H,18,24)(H,19,23)(H,20,21). The first-order chi connectivity index (χ1) is 11.6. The third-order valence-corrected chi connectivity index (χ3v) is 4.89. The number of aromatic nitrogens is 2. The van der Waals surface area contributed by atoms with Crippen molar-refractivity contribution in [2.45, 2.75) is 51.0 Å². The number of H-pyrrole nitrogens is 1. The summed E-state index contributed by atoms with van der Waals surface area (Å²) in [5.41, 5.74) is 2.15. The maximum atomic E-state index is 12.3. The van der Waals surface area contributed by atoms with Gasteiger partial charge in [-0.05, 0) is 51.6 Å². The van der Waals surface area contributed by atoms with Crippen LogP contribution in [0.4, 0.5) is 0 Å². The average molecular weight is 333 g/mol. The Bertz CT molecular complexity index is 585. The minimum Gasteiger partial charge on any atom is -0.354 e. The van der Waals surface area contributed by atoms with E-state index in [0.29, 0.717) is 19.0 Å². The molecule has 3 rings (SSSR count). The van der Waals surface area contributed by atoms with Crippen molar-refractivity contribution >= 4 is 11.8 Å². The largest absolute Gasteiger partial charge is 0.354 e. The maximum Gasteiger partial charge on any atom is 0.242 e. The summed E-state index contributed by atoms with van der Waals surface area (Å²) in [7, 11) is 0. The zero-order valence-corrected chi connectivity index (χ0v) is 14.3. The molecule has 0 radical (unpaired) electrons. The van der Waals surface area contributed by atoms with E-state index in [9.17, 15) is 9.59 Å². The average Bonchev–Trinajstić information content (AvgIpc) is 2.90. The van der Waals surface area contributed by atoms with Gasteiger partial charge in [0.2, 0.25) is 11.8 Å². The Morgan fingerprint density at radius 2 is 2.25 bits per heavy atom. The third kappa shape index (κ3) is 4.35. The summed E-state index contributed by atoms with van der Waals surface area (Å²) in [6.45, 7) is 4.83. The molecule has 2 saturated heterocycles. The van der Waals surface area contributed by atoms with Gasteiger partial charge in [-0.3, -0.25) is 19.6 Å². The van der Waals surface area contributed by atoms with E-state index in [1.165, 1.54) is 0 Å². The van der Waals surface area contributed by atoms with Gasteiger partial charge in [0, 0.05) is 24.7 Å². The summed E-state index contributed by atoms with van der Waals surface area (Å²) in [5, 5.41) is 13.1. The molecule has 2 atom stereocenters. The molecule has 2 unspecified atom stereocenters. The summed E-state index contributed by atoms with van der Waals surface area (Å²) >= 11 is 0. The molecule has 1 aromatic heterocycles. The van der Waals surface area contributed by atoms with Gasteiger partial charge in [-0.25, -0.2) is 0 Å². The number of aromatic amines is 1. The minimum atomic E-state index is -0.380. The zero-order chi connectivity index (χ0) is 16.9.